The number of likely N-dealkylation sites (tertiary alicyclic amines) is 1. The molecule has 1 amide bonds. The zero-order valence-corrected chi connectivity index (χ0v) is 23.3. The number of halogens is 1. The Hall–Kier alpha value is -4.43. The van der Waals surface area contributed by atoms with E-state index in [2.05, 4.69) is 46.2 Å². The molecule has 1 unspecified atom stereocenters. The number of piperidine rings is 1. The van der Waals surface area contributed by atoms with E-state index in [0.29, 0.717) is 22.5 Å². The average Bonchev–Trinajstić information content (AvgIpc) is 3.60. The summed E-state index contributed by atoms with van der Waals surface area (Å²) in [5.74, 6) is -0.324. The van der Waals surface area contributed by atoms with Crippen LogP contribution in [0.2, 0.25) is 0 Å². The van der Waals surface area contributed by atoms with Crippen LogP contribution in [0.25, 0.3) is 22.2 Å². The number of carbonyl (C=O) groups excluding carboxylic acids is 1. The molecule has 0 saturated carbocycles. The van der Waals surface area contributed by atoms with Gasteiger partial charge in [-0.15, -0.1) is 0 Å². The number of aromatic hydroxyl groups is 1. The molecule has 6 nitrogen and oxygen atoms in total. The van der Waals surface area contributed by atoms with Gasteiger partial charge in [0.1, 0.15) is 25.2 Å². The van der Waals surface area contributed by atoms with Crippen LogP contribution in [0.15, 0.2) is 84.9 Å². The van der Waals surface area contributed by atoms with E-state index < -0.39 is 11.3 Å². The Morgan fingerprint density at radius 3 is 2.48 bits per heavy atom. The van der Waals surface area contributed by atoms with Crippen LogP contribution in [0.3, 0.4) is 0 Å². The molecule has 5 aromatic rings. The second kappa shape index (κ2) is 10.1. The van der Waals surface area contributed by atoms with Crippen molar-refractivity contribution in [2.75, 3.05) is 20.1 Å². The second-order valence-corrected chi connectivity index (χ2v) is 11.5. The molecule has 8 heteroatoms. The molecule has 2 radical (unpaired) electrons. The molecule has 7 rings (SSSR count). The van der Waals surface area contributed by atoms with Crippen LogP contribution in [0, 0.1) is 5.82 Å². The minimum Gasteiger partial charge on any atom is -0.508 e. The van der Waals surface area contributed by atoms with Crippen LogP contribution in [-0.4, -0.2) is 58.8 Å². The number of amides is 1. The van der Waals surface area contributed by atoms with Gasteiger partial charge in [-0.1, -0.05) is 48.5 Å². The Morgan fingerprint density at radius 2 is 1.71 bits per heavy atom. The van der Waals surface area contributed by atoms with Gasteiger partial charge in [0, 0.05) is 17.7 Å². The summed E-state index contributed by atoms with van der Waals surface area (Å²) in [6.07, 6.45) is 2.32. The summed E-state index contributed by atoms with van der Waals surface area (Å²) in [5.41, 5.74) is 4.27. The normalized spacial score (nSPS) is 17.5. The number of hydrogen-bond acceptors (Lipinski definition) is 4. The van der Waals surface area contributed by atoms with E-state index in [4.69, 9.17) is 7.85 Å². The zero-order valence-electron chi connectivity index (χ0n) is 23.3. The topological polar surface area (TPSA) is 72.5 Å². The number of nitrogens with one attached hydrogen (secondary N) is 1. The van der Waals surface area contributed by atoms with Crippen LogP contribution in [0.1, 0.15) is 51.6 Å². The molecular formula is C34H30BFN4O2. The number of carbonyl (C=O) groups is 1. The number of benzene rings is 4. The first kappa shape index (κ1) is 26.5. The SMILES string of the molecule is [B]C(c1nc2ccccc2[nH]1)(c1cc(F)ccc1O)N1Cc2ccc(-c3ccc(C4CCN(C)CC4)cc3)cc2C1=O. The third-order valence-corrected chi connectivity index (χ3v) is 8.89. The fourth-order valence-corrected chi connectivity index (χ4v) is 6.40. The van der Waals surface area contributed by atoms with Crippen LogP contribution in [0.4, 0.5) is 4.39 Å². The molecule has 208 valence electrons. The van der Waals surface area contributed by atoms with Crippen molar-refractivity contribution in [3.8, 4) is 16.9 Å². The molecule has 0 aliphatic carbocycles. The van der Waals surface area contributed by atoms with Gasteiger partial charge in [-0.2, -0.15) is 0 Å². The summed E-state index contributed by atoms with van der Waals surface area (Å²) in [4.78, 5) is 25.8. The fraction of sp³-hybridized carbons (Fsp3) is 0.235. The number of aromatic amines is 1. The van der Waals surface area contributed by atoms with E-state index >= 15 is 0 Å². The fourth-order valence-electron chi connectivity index (χ4n) is 6.40. The van der Waals surface area contributed by atoms with Crippen molar-refractivity contribution >= 4 is 24.8 Å². The molecule has 1 aromatic heterocycles. The highest BCUT2D eigenvalue weighted by Gasteiger charge is 2.46. The lowest BCUT2D eigenvalue weighted by Crippen LogP contribution is -2.48. The van der Waals surface area contributed by atoms with Crippen molar-refractivity contribution in [2.24, 2.45) is 0 Å². The van der Waals surface area contributed by atoms with E-state index in [1.165, 1.54) is 16.5 Å². The first-order valence-electron chi connectivity index (χ1n) is 14.3. The van der Waals surface area contributed by atoms with Gasteiger partial charge in [-0.3, -0.25) is 4.79 Å². The van der Waals surface area contributed by atoms with Crippen LogP contribution in [0.5, 0.6) is 5.75 Å². The highest BCUT2D eigenvalue weighted by atomic mass is 19.1. The van der Waals surface area contributed by atoms with E-state index in [9.17, 15) is 14.3 Å². The first-order valence-corrected chi connectivity index (χ1v) is 14.3. The minimum atomic E-state index is -1.77. The molecule has 3 heterocycles. The molecule has 0 bridgehead atoms. The van der Waals surface area contributed by atoms with Gasteiger partial charge in [0.15, 0.2) is 0 Å². The summed E-state index contributed by atoms with van der Waals surface area (Å²) in [6.45, 7) is 2.40. The zero-order chi connectivity index (χ0) is 29.0. The Bertz CT molecular complexity index is 1780. The number of H-pyrrole nitrogens is 1. The largest absolute Gasteiger partial charge is 0.508 e. The van der Waals surface area contributed by atoms with Gasteiger partial charge in [-0.25, -0.2) is 9.37 Å². The molecule has 1 saturated heterocycles. The van der Waals surface area contributed by atoms with Gasteiger partial charge in [0.25, 0.3) is 5.91 Å². The maximum absolute atomic E-state index is 14.5. The number of hydrogen-bond donors (Lipinski definition) is 2. The molecule has 4 aromatic carbocycles. The third kappa shape index (κ3) is 4.38. The van der Waals surface area contributed by atoms with Crippen molar-refractivity contribution in [1.82, 2.24) is 19.8 Å². The van der Waals surface area contributed by atoms with Crippen molar-refractivity contribution in [3.63, 3.8) is 0 Å². The average molecular weight is 556 g/mol. The number of rotatable bonds is 5. The summed E-state index contributed by atoms with van der Waals surface area (Å²) in [7, 11) is 9.24. The molecule has 2 aliphatic heterocycles. The monoisotopic (exact) mass is 556 g/mol. The Morgan fingerprint density at radius 1 is 0.976 bits per heavy atom. The predicted molar refractivity (Wildman–Crippen MR) is 162 cm³/mol. The smallest absolute Gasteiger partial charge is 0.255 e. The van der Waals surface area contributed by atoms with E-state index in [1.807, 2.05) is 42.5 Å². The maximum atomic E-state index is 14.5. The molecule has 42 heavy (non-hydrogen) atoms. The lowest BCUT2D eigenvalue weighted by Gasteiger charge is -2.38. The standard InChI is InChI=1S/C34H30BFN4O2/c1-39-16-14-23(15-17-39)21-6-8-22(9-7-21)24-10-11-25-20-40(32(42)27(25)18-24)34(35,28-19-26(36)12-13-31(28)41)33-37-29-4-2-3-5-30(29)38-33/h2-13,18-19,23,41H,14-17,20H2,1H3,(H,37,38). The molecule has 1 fully saturated rings. The lowest BCUT2D eigenvalue weighted by atomic mass is 9.69. The van der Waals surface area contributed by atoms with Crippen LogP contribution < -0.4 is 0 Å². The second-order valence-electron chi connectivity index (χ2n) is 11.5. The summed E-state index contributed by atoms with van der Waals surface area (Å²) in [5, 5.41) is 10.9. The van der Waals surface area contributed by atoms with Crippen LogP contribution in [-0.2, 0) is 12.0 Å². The summed E-state index contributed by atoms with van der Waals surface area (Å²) >= 11 is 0. The Kier molecular flexibility index (Phi) is 6.39. The number of para-hydroxylation sites is 2. The minimum absolute atomic E-state index is 0.0485. The lowest BCUT2D eigenvalue weighted by molar-refractivity contribution is 0.0680. The highest BCUT2D eigenvalue weighted by Crippen LogP contribution is 2.43. The summed E-state index contributed by atoms with van der Waals surface area (Å²) < 4.78 is 14.5. The van der Waals surface area contributed by atoms with Gasteiger partial charge < -0.3 is 19.9 Å². The van der Waals surface area contributed by atoms with Gasteiger partial charge in [0.2, 0.25) is 0 Å². The Labute approximate surface area is 245 Å². The van der Waals surface area contributed by atoms with Crippen molar-refractivity contribution < 1.29 is 14.3 Å². The van der Waals surface area contributed by atoms with Crippen molar-refractivity contribution in [3.05, 3.63) is 119 Å². The molecule has 2 N–H and O–H groups in total. The number of phenolic OH excluding ortho intramolecular Hbond substituents is 1. The molecule has 2 aliphatic rings. The number of phenols is 1. The van der Waals surface area contributed by atoms with Gasteiger partial charge >= 0.3 is 0 Å². The number of nitrogens with zero attached hydrogens (tertiary/aromatic N) is 3. The van der Waals surface area contributed by atoms with Gasteiger partial charge in [-0.05, 0) is 97.5 Å². The van der Waals surface area contributed by atoms with Crippen molar-refractivity contribution in [1.29, 1.82) is 0 Å². The highest BCUT2D eigenvalue weighted by molar-refractivity contribution is 6.20. The Balaban J connectivity index is 1.25. The summed E-state index contributed by atoms with van der Waals surface area (Å²) in [6, 6.07) is 25.5. The van der Waals surface area contributed by atoms with Crippen LogP contribution >= 0.6 is 0 Å². The number of imidazole rings is 1. The van der Waals surface area contributed by atoms with Gasteiger partial charge in [0.05, 0.1) is 16.5 Å². The first-order chi connectivity index (χ1) is 20.3. The molecule has 0 spiro atoms. The van der Waals surface area contributed by atoms with E-state index in [0.717, 1.165) is 54.8 Å². The van der Waals surface area contributed by atoms with Crippen molar-refractivity contribution in [2.45, 2.75) is 30.7 Å². The number of aromatic nitrogens is 2. The van der Waals surface area contributed by atoms with E-state index in [-0.39, 0.29) is 29.6 Å². The molecular weight excluding hydrogens is 526 g/mol. The van der Waals surface area contributed by atoms with E-state index in [1.54, 1.807) is 0 Å². The predicted octanol–water partition coefficient (Wildman–Crippen LogP) is 5.91. The molecule has 1 atom stereocenters. The quantitative estimate of drug-likeness (QED) is 0.264. The third-order valence-electron chi connectivity index (χ3n) is 8.89. The maximum Gasteiger partial charge on any atom is 0.255 e. The number of fused-ring (bicyclic) bond motifs is 2.